The third-order valence-electron chi connectivity index (χ3n) is 3.70. The summed E-state index contributed by atoms with van der Waals surface area (Å²) in [6, 6.07) is 7.12. The lowest BCUT2D eigenvalue weighted by Gasteiger charge is -2.13. The second-order valence-electron chi connectivity index (χ2n) is 5.53. The number of carbonyl (C=O) groups excluding carboxylic acids is 1. The average molecular weight is 400 g/mol. The van der Waals surface area contributed by atoms with E-state index in [-0.39, 0.29) is 27.8 Å². The van der Waals surface area contributed by atoms with Crippen LogP contribution in [0.1, 0.15) is 16.8 Å². The molecule has 6 nitrogen and oxygen atoms in total. The highest BCUT2D eigenvalue weighted by Gasteiger charge is 2.19. The van der Waals surface area contributed by atoms with Gasteiger partial charge in [-0.05, 0) is 24.3 Å². The zero-order valence-corrected chi connectivity index (χ0v) is 15.0. The molecule has 9 heteroatoms. The lowest BCUT2D eigenvalue weighted by molar-refractivity contribution is -0.0511. The number of methoxy groups -OCH3 is 1. The molecule has 2 aromatic carbocycles. The lowest BCUT2D eigenvalue weighted by Crippen LogP contribution is -2.13. The van der Waals surface area contributed by atoms with Gasteiger partial charge in [0.1, 0.15) is 0 Å². The van der Waals surface area contributed by atoms with Crippen LogP contribution in [-0.2, 0) is 0 Å². The third kappa shape index (κ3) is 4.51. The first-order valence-corrected chi connectivity index (χ1v) is 8.39. The van der Waals surface area contributed by atoms with Crippen molar-refractivity contribution in [1.82, 2.24) is 0 Å². The van der Waals surface area contributed by atoms with Crippen molar-refractivity contribution in [2.75, 3.05) is 25.6 Å². The smallest absolute Gasteiger partial charge is 0.387 e. The number of amides is 1. The Labute approximate surface area is 158 Å². The van der Waals surface area contributed by atoms with Crippen molar-refractivity contribution in [3.05, 3.63) is 40.9 Å². The summed E-state index contributed by atoms with van der Waals surface area (Å²) >= 11 is 6.18. The van der Waals surface area contributed by atoms with Crippen LogP contribution in [0.5, 0.6) is 23.0 Å². The first-order valence-electron chi connectivity index (χ1n) is 8.01. The first-order chi connectivity index (χ1) is 13.0. The van der Waals surface area contributed by atoms with Gasteiger partial charge in [0.15, 0.2) is 23.0 Å². The van der Waals surface area contributed by atoms with Crippen LogP contribution in [-0.4, -0.2) is 32.8 Å². The standard InChI is InChI=1S/C18H16ClF2NO5/c1-24-13-4-3-11(9-14(13)27-18(20)21)22-17(23)10-7-12(19)16-15(8-10)25-5-2-6-26-16/h3-4,7-9,18H,2,5-6H2,1H3,(H,22,23). The number of hydrogen-bond donors (Lipinski definition) is 1. The number of rotatable bonds is 5. The quantitative estimate of drug-likeness (QED) is 0.809. The molecule has 3 rings (SSSR count). The zero-order chi connectivity index (χ0) is 19.4. The van der Waals surface area contributed by atoms with Crippen molar-refractivity contribution in [2.24, 2.45) is 0 Å². The molecule has 2 aromatic rings. The molecular weight excluding hydrogens is 384 g/mol. The molecule has 0 fully saturated rings. The van der Waals surface area contributed by atoms with Crippen LogP contribution in [0.15, 0.2) is 30.3 Å². The minimum Gasteiger partial charge on any atom is -0.493 e. The fourth-order valence-electron chi connectivity index (χ4n) is 2.51. The Hall–Kier alpha value is -2.74. The van der Waals surface area contributed by atoms with Gasteiger partial charge in [-0.15, -0.1) is 0 Å². The van der Waals surface area contributed by atoms with Crippen molar-refractivity contribution in [2.45, 2.75) is 13.0 Å². The summed E-state index contributed by atoms with van der Waals surface area (Å²) in [6.07, 6.45) is 0.700. The van der Waals surface area contributed by atoms with Crippen LogP contribution in [0, 0.1) is 0 Å². The Balaban J connectivity index is 1.83. The van der Waals surface area contributed by atoms with E-state index in [1.165, 1.54) is 37.4 Å². The molecule has 0 atom stereocenters. The molecule has 0 spiro atoms. The maximum Gasteiger partial charge on any atom is 0.387 e. The molecule has 1 N–H and O–H groups in total. The predicted octanol–water partition coefficient (Wildman–Crippen LogP) is 4.36. The van der Waals surface area contributed by atoms with Gasteiger partial charge in [0.2, 0.25) is 0 Å². The molecule has 1 aliphatic heterocycles. The fraction of sp³-hybridized carbons (Fsp3) is 0.278. The number of ether oxygens (including phenoxy) is 4. The molecule has 0 aromatic heterocycles. The molecule has 0 saturated heterocycles. The summed E-state index contributed by atoms with van der Waals surface area (Å²) < 4.78 is 45.5. The molecule has 0 bridgehead atoms. The van der Waals surface area contributed by atoms with Crippen LogP contribution >= 0.6 is 11.6 Å². The Bertz CT molecular complexity index is 847. The Morgan fingerprint density at radius 2 is 1.96 bits per heavy atom. The van der Waals surface area contributed by atoms with E-state index in [0.29, 0.717) is 31.1 Å². The van der Waals surface area contributed by atoms with Gasteiger partial charge in [0, 0.05) is 23.7 Å². The maximum atomic E-state index is 12.5. The number of anilines is 1. The number of alkyl halides is 2. The second-order valence-corrected chi connectivity index (χ2v) is 5.94. The van der Waals surface area contributed by atoms with E-state index in [1.54, 1.807) is 0 Å². The van der Waals surface area contributed by atoms with E-state index >= 15 is 0 Å². The highest BCUT2D eigenvalue weighted by Crippen LogP contribution is 2.38. The second kappa shape index (κ2) is 8.30. The molecule has 27 heavy (non-hydrogen) atoms. The van der Waals surface area contributed by atoms with Gasteiger partial charge < -0.3 is 24.3 Å². The molecule has 0 radical (unpaired) electrons. The van der Waals surface area contributed by atoms with Crippen molar-refractivity contribution < 1.29 is 32.5 Å². The van der Waals surface area contributed by atoms with Crippen LogP contribution in [0.2, 0.25) is 5.02 Å². The Morgan fingerprint density at radius 1 is 1.19 bits per heavy atom. The van der Waals surface area contributed by atoms with Crippen molar-refractivity contribution >= 4 is 23.2 Å². The normalized spacial score (nSPS) is 13.1. The average Bonchev–Trinajstić information content (AvgIpc) is 2.87. The van der Waals surface area contributed by atoms with Crippen molar-refractivity contribution in [3.8, 4) is 23.0 Å². The van der Waals surface area contributed by atoms with E-state index in [1.807, 2.05) is 0 Å². The predicted molar refractivity (Wildman–Crippen MR) is 94.6 cm³/mol. The van der Waals surface area contributed by atoms with Gasteiger partial charge in [-0.25, -0.2) is 0 Å². The molecule has 1 heterocycles. The molecular formula is C18H16ClF2NO5. The number of halogens is 3. The lowest BCUT2D eigenvalue weighted by atomic mass is 10.1. The van der Waals surface area contributed by atoms with Gasteiger partial charge in [0.25, 0.3) is 5.91 Å². The van der Waals surface area contributed by atoms with Gasteiger partial charge in [-0.1, -0.05) is 11.6 Å². The maximum absolute atomic E-state index is 12.5. The number of benzene rings is 2. The van der Waals surface area contributed by atoms with E-state index in [0.717, 1.165) is 0 Å². The molecule has 144 valence electrons. The van der Waals surface area contributed by atoms with Gasteiger partial charge in [-0.2, -0.15) is 8.78 Å². The SMILES string of the molecule is COc1ccc(NC(=O)c2cc(Cl)c3c(c2)OCCCO3)cc1OC(F)F. The molecule has 1 aliphatic rings. The summed E-state index contributed by atoms with van der Waals surface area (Å²) in [5.74, 6) is 0.194. The number of carbonyl (C=O) groups is 1. The minimum atomic E-state index is -3.02. The molecule has 1 amide bonds. The summed E-state index contributed by atoms with van der Waals surface area (Å²) in [5, 5.41) is 2.84. The van der Waals surface area contributed by atoms with Crippen LogP contribution in [0.4, 0.5) is 14.5 Å². The summed E-state index contributed by atoms with van der Waals surface area (Å²) in [6.45, 7) is -2.11. The highest BCUT2D eigenvalue weighted by atomic mass is 35.5. The summed E-state index contributed by atoms with van der Waals surface area (Å²) in [4.78, 5) is 12.5. The monoisotopic (exact) mass is 399 g/mol. The van der Waals surface area contributed by atoms with Crippen molar-refractivity contribution in [1.29, 1.82) is 0 Å². The molecule has 0 unspecified atom stereocenters. The topological polar surface area (TPSA) is 66.0 Å². The van der Waals surface area contributed by atoms with Crippen LogP contribution in [0.25, 0.3) is 0 Å². The van der Waals surface area contributed by atoms with E-state index in [9.17, 15) is 13.6 Å². The number of nitrogens with one attached hydrogen (secondary N) is 1. The summed E-state index contributed by atoms with van der Waals surface area (Å²) in [7, 11) is 1.33. The number of fused-ring (bicyclic) bond motifs is 1. The first kappa shape index (κ1) is 19.0. The zero-order valence-electron chi connectivity index (χ0n) is 14.3. The van der Waals surface area contributed by atoms with Gasteiger partial charge in [0.05, 0.1) is 25.3 Å². The fourth-order valence-corrected chi connectivity index (χ4v) is 2.77. The van der Waals surface area contributed by atoms with Crippen LogP contribution in [0.3, 0.4) is 0 Å². The Morgan fingerprint density at radius 3 is 2.70 bits per heavy atom. The van der Waals surface area contributed by atoms with Gasteiger partial charge in [-0.3, -0.25) is 4.79 Å². The molecule has 0 aliphatic carbocycles. The third-order valence-corrected chi connectivity index (χ3v) is 3.98. The van der Waals surface area contributed by atoms with E-state index < -0.39 is 12.5 Å². The largest absolute Gasteiger partial charge is 0.493 e. The van der Waals surface area contributed by atoms with E-state index in [2.05, 4.69) is 10.1 Å². The minimum absolute atomic E-state index is 0.118. The molecule has 0 saturated carbocycles. The Kier molecular flexibility index (Phi) is 5.85. The van der Waals surface area contributed by atoms with Crippen molar-refractivity contribution in [3.63, 3.8) is 0 Å². The van der Waals surface area contributed by atoms with Crippen LogP contribution < -0.4 is 24.3 Å². The number of hydrogen-bond acceptors (Lipinski definition) is 5. The summed E-state index contributed by atoms with van der Waals surface area (Å²) in [5.41, 5.74) is 0.482. The highest BCUT2D eigenvalue weighted by molar-refractivity contribution is 6.32. The van der Waals surface area contributed by atoms with Gasteiger partial charge >= 0.3 is 6.61 Å². The van der Waals surface area contributed by atoms with E-state index in [4.69, 9.17) is 25.8 Å².